The summed E-state index contributed by atoms with van der Waals surface area (Å²) in [5.74, 6) is 0.552. The van der Waals surface area contributed by atoms with Crippen molar-refractivity contribution in [3.63, 3.8) is 0 Å². The van der Waals surface area contributed by atoms with Gasteiger partial charge in [0.15, 0.2) is 5.65 Å². The number of carbonyl (C=O) groups excluding carboxylic acids is 1. The first-order chi connectivity index (χ1) is 14.6. The van der Waals surface area contributed by atoms with E-state index in [0.29, 0.717) is 11.2 Å². The summed E-state index contributed by atoms with van der Waals surface area (Å²) in [6, 6.07) is 5.88. The molecule has 9 nitrogen and oxygen atoms in total. The quantitative estimate of drug-likeness (QED) is 0.528. The number of anilines is 1. The molecule has 1 aliphatic rings. The minimum atomic E-state index is -0.192. The van der Waals surface area contributed by atoms with Crippen molar-refractivity contribution < 1.29 is 9.53 Å². The number of aryl methyl sites for hydroxylation is 1. The van der Waals surface area contributed by atoms with Crippen molar-refractivity contribution in [1.29, 1.82) is 0 Å². The van der Waals surface area contributed by atoms with Crippen molar-refractivity contribution in [3.05, 3.63) is 42.4 Å². The van der Waals surface area contributed by atoms with Crippen LogP contribution in [-0.2, 0) is 11.8 Å². The molecule has 0 aromatic carbocycles. The van der Waals surface area contributed by atoms with Crippen LogP contribution in [0.3, 0.4) is 0 Å². The molecule has 0 aliphatic heterocycles. The van der Waals surface area contributed by atoms with Crippen LogP contribution in [0.25, 0.3) is 27.9 Å². The Hall–Kier alpha value is -3.46. The fourth-order valence-electron chi connectivity index (χ4n) is 4.02. The Morgan fingerprint density at radius 1 is 1.30 bits per heavy atom. The molecule has 9 heteroatoms. The van der Waals surface area contributed by atoms with Crippen LogP contribution >= 0.6 is 0 Å². The second-order valence-electron chi connectivity index (χ2n) is 7.53. The first kappa shape index (κ1) is 18.6. The summed E-state index contributed by atoms with van der Waals surface area (Å²) in [6.07, 6.45) is 7.27. The molecule has 1 aliphatic carbocycles. The van der Waals surface area contributed by atoms with E-state index < -0.39 is 0 Å². The molecule has 0 bridgehead atoms. The standard InChI is InChI=1S/C21H23N7O2/c1-22-18-9-16(14-11-27(2)19-12(14)5-4-8-23-19)25-20-13(10-24-28(18)20)21(29)26-15-6-7-17(15)30-3/h4-5,8-11,15,17,22H,6-7H2,1-3H3,(H,26,29)/t15-,17-/m0/s1. The Kier molecular flexibility index (Phi) is 4.39. The van der Waals surface area contributed by atoms with Crippen LogP contribution in [-0.4, -0.2) is 56.4 Å². The van der Waals surface area contributed by atoms with E-state index in [9.17, 15) is 4.79 Å². The predicted molar refractivity (Wildman–Crippen MR) is 114 cm³/mol. The van der Waals surface area contributed by atoms with Crippen LogP contribution in [0.4, 0.5) is 5.82 Å². The van der Waals surface area contributed by atoms with Gasteiger partial charge in [-0.1, -0.05) is 0 Å². The molecule has 5 rings (SSSR count). The number of rotatable bonds is 5. The Morgan fingerprint density at radius 2 is 2.17 bits per heavy atom. The van der Waals surface area contributed by atoms with Crippen molar-refractivity contribution >= 4 is 28.4 Å². The van der Waals surface area contributed by atoms with Crippen LogP contribution < -0.4 is 10.6 Å². The maximum absolute atomic E-state index is 13.0. The summed E-state index contributed by atoms with van der Waals surface area (Å²) in [5.41, 5.74) is 3.52. The molecule has 30 heavy (non-hydrogen) atoms. The first-order valence-corrected chi connectivity index (χ1v) is 9.91. The van der Waals surface area contributed by atoms with Crippen molar-refractivity contribution in [2.75, 3.05) is 19.5 Å². The van der Waals surface area contributed by atoms with E-state index in [0.717, 1.165) is 41.0 Å². The third kappa shape index (κ3) is 2.81. The summed E-state index contributed by atoms with van der Waals surface area (Å²) < 4.78 is 9.01. The maximum atomic E-state index is 13.0. The fourth-order valence-corrected chi connectivity index (χ4v) is 4.02. The lowest BCUT2D eigenvalue weighted by molar-refractivity contribution is 0.00732. The highest BCUT2D eigenvalue weighted by atomic mass is 16.5. The zero-order valence-electron chi connectivity index (χ0n) is 17.1. The van der Waals surface area contributed by atoms with Gasteiger partial charge in [-0.3, -0.25) is 4.79 Å². The van der Waals surface area contributed by atoms with E-state index >= 15 is 0 Å². The minimum absolute atomic E-state index is 0.0218. The van der Waals surface area contributed by atoms with Gasteiger partial charge < -0.3 is 19.9 Å². The summed E-state index contributed by atoms with van der Waals surface area (Å²) >= 11 is 0. The number of aromatic nitrogens is 5. The molecule has 2 atom stereocenters. The van der Waals surface area contributed by atoms with Crippen molar-refractivity contribution in [1.82, 2.24) is 29.5 Å². The van der Waals surface area contributed by atoms with Gasteiger partial charge in [-0.25, -0.2) is 9.97 Å². The molecule has 1 saturated carbocycles. The van der Waals surface area contributed by atoms with Crippen LogP contribution in [0.1, 0.15) is 23.2 Å². The van der Waals surface area contributed by atoms with E-state index in [-0.39, 0.29) is 18.1 Å². The molecule has 0 radical (unpaired) electrons. The number of pyridine rings is 1. The number of ether oxygens (including phenoxy) is 1. The van der Waals surface area contributed by atoms with Crippen molar-refractivity contribution in [2.24, 2.45) is 7.05 Å². The summed E-state index contributed by atoms with van der Waals surface area (Å²) in [7, 11) is 5.45. The van der Waals surface area contributed by atoms with E-state index in [1.54, 1.807) is 24.0 Å². The Morgan fingerprint density at radius 3 is 2.90 bits per heavy atom. The van der Waals surface area contributed by atoms with E-state index in [4.69, 9.17) is 9.72 Å². The minimum Gasteiger partial charge on any atom is -0.379 e. The van der Waals surface area contributed by atoms with Gasteiger partial charge in [-0.15, -0.1) is 0 Å². The second-order valence-corrected chi connectivity index (χ2v) is 7.53. The summed E-state index contributed by atoms with van der Waals surface area (Å²) in [5, 5.41) is 11.6. The van der Waals surface area contributed by atoms with Gasteiger partial charge in [0.25, 0.3) is 5.91 Å². The van der Waals surface area contributed by atoms with Gasteiger partial charge in [0.05, 0.1) is 24.0 Å². The highest BCUT2D eigenvalue weighted by Gasteiger charge is 2.33. The Balaban J connectivity index is 1.61. The predicted octanol–water partition coefficient (Wildman–Crippen LogP) is 2.23. The number of nitrogens with zero attached hydrogens (tertiary/aromatic N) is 5. The molecular weight excluding hydrogens is 382 g/mol. The average Bonchev–Trinajstić information content (AvgIpc) is 3.32. The number of nitrogens with one attached hydrogen (secondary N) is 2. The van der Waals surface area contributed by atoms with Crippen LogP contribution in [0.2, 0.25) is 0 Å². The fraction of sp³-hybridized carbons (Fsp3) is 0.333. The molecule has 0 unspecified atom stereocenters. The van der Waals surface area contributed by atoms with Crippen molar-refractivity contribution in [3.8, 4) is 11.3 Å². The summed E-state index contributed by atoms with van der Waals surface area (Å²) in [4.78, 5) is 22.2. The van der Waals surface area contributed by atoms with Gasteiger partial charge in [-0.05, 0) is 25.0 Å². The number of carbonyl (C=O) groups is 1. The van der Waals surface area contributed by atoms with Gasteiger partial charge in [0.2, 0.25) is 0 Å². The number of hydrogen-bond donors (Lipinski definition) is 2. The zero-order valence-corrected chi connectivity index (χ0v) is 17.1. The number of methoxy groups -OCH3 is 1. The molecule has 4 heterocycles. The van der Waals surface area contributed by atoms with E-state index in [1.807, 2.05) is 43.1 Å². The topological polar surface area (TPSA) is 98.4 Å². The van der Waals surface area contributed by atoms with Gasteiger partial charge in [0.1, 0.15) is 17.0 Å². The molecule has 0 spiro atoms. The van der Waals surface area contributed by atoms with Gasteiger partial charge in [0, 0.05) is 50.6 Å². The van der Waals surface area contributed by atoms with Gasteiger partial charge in [-0.2, -0.15) is 9.61 Å². The Labute approximate surface area is 173 Å². The molecule has 4 aromatic heterocycles. The average molecular weight is 405 g/mol. The molecule has 0 saturated heterocycles. The van der Waals surface area contributed by atoms with Crippen LogP contribution in [0, 0.1) is 0 Å². The molecule has 2 N–H and O–H groups in total. The third-order valence-electron chi connectivity index (χ3n) is 5.81. The summed E-state index contributed by atoms with van der Waals surface area (Å²) in [6.45, 7) is 0. The first-order valence-electron chi connectivity index (χ1n) is 9.91. The lowest BCUT2D eigenvalue weighted by atomic mass is 9.89. The largest absolute Gasteiger partial charge is 0.379 e. The second kappa shape index (κ2) is 7.10. The number of hydrogen-bond acceptors (Lipinski definition) is 6. The molecule has 154 valence electrons. The SMILES string of the molecule is CNc1cc(-c2cn(C)c3ncccc23)nc2c(C(=O)N[C@H]3CC[C@@H]3OC)cnn12. The monoisotopic (exact) mass is 405 g/mol. The molecular formula is C21H23N7O2. The lowest BCUT2D eigenvalue weighted by Crippen LogP contribution is -2.51. The highest BCUT2D eigenvalue weighted by Crippen LogP contribution is 2.30. The van der Waals surface area contributed by atoms with Gasteiger partial charge >= 0.3 is 0 Å². The third-order valence-corrected chi connectivity index (χ3v) is 5.81. The lowest BCUT2D eigenvalue weighted by Gasteiger charge is -2.35. The number of amides is 1. The molecule has 1 fully saturated rings. The van der Waals surface area contributed by atoms with Crippen LogP contribution in [0.5, 0.6) is 0 Å². The van der Waals surface area contributed by atoms with Crippen LogP contribution in [0.15, 0.2) is 36.8 Å². The van der Waals surface area contributed by atoms with E-state index in [2.05, 4.69) is 20.7 Å². The highest BCUT2D eigenvalue weighted by molar-refractivity contribution is 6.01. The Bertz CT molecular complexity index is 1260. The maximum Gasteiger partial charge on any atom is 0.257 e. The molecule has 4 aromatic rings. The number of fused-ring (bicyclic) bond motifs is 2. The van der Waals surface area contributed by atoms with Crippen molar-refractivity contribution in [2.45, 2.75) is 25.0 Å². The smallest absolute Gasteiger partial charge is 0.257 e. The zero-order chi connectivity index (χ0) is 20.8. The van der Waals surface area contributed by atoms with E-state index in [1.165, 1.54) is 0 Å². The normalized spacial score (nSPS) is 18.5. The molecule has 1 amide bonds.